The zero-order valence-electron chi connectivity index (χ0n) is 17.4. The lowest BCUT2D eigenvalue weighted by Crippen LogP contribution is -2.33. The molecule has 1 amide bonds. The van der Waals surface area contributed by atoms with Crippen LogP contribution in [0.25, 0.3) is 5.70 Å². The first-order valence-electron chi connectivity index (χ1n) is 9.45. The highest BCUT2D eigenvalue weighted by atomic mass is 16.5. The number of aryl methyl sites for hydroxylation is 1. The van der Waals surface area contributed by atoms with Crippen molar-refractivity contribution in [2.45, 2.75) is 46.6 Å². The Morgan fingerprint density at radius 2 is 2.04 bits per heavy atom. The molecule has 2 rings (SSSR count). The maximum atomic E-state index is 12.5. The van der Waals surface area contributed by atoms with Gasteiger partial charge in [-0.05, 0) is 52.2 Å². The van der Waals surface area contributed by atoms with Gasteiger partial charge in [-0.1, -0.05) is 23.8 Å². The average molecular weight is 383 g/mol. The van der Waals surface area contributed by atoms with Gasteiger partial charge in [-0.25, -0.2) is 4.99 Å². The zero-order chi connectivity index (χ0) is 20.7. The molecule has 0 spiro atoms. The van der Waals surface area contributed by atoms with Crippen LogP contribution in [-0.2, 0) is 9.53 Å². The number of nitrogens with one attached hydrogen (secondary N) is 1. The van der Waals surface area contributed by atoms with Crippen LogP contribution < -0.4 is 11.1 Å². The van der Waals surface area contributed by atoms with Gasteiger partial charge in [0.2, 0.25) is 5.90 Å². The fourth-order valence-corrected chi connectivity index (χ4v) is 2.53. The van der Waals surface area contributed by atoms with Gasteiger partial charge in [-0.3, -0.25) is 9.79 Å². The van der Waals surface area contributed by atoms with Crippen molar-refractivity contribution < 1.29 is 9.53 Å². The fourth-order valence-electron chi connectivity index (χ4n) is 2.53. The Balaban J connectivity index is 2.14. The van der Waals surface area contributed by atoms with Crippen molar-refractivity contribution in [2.24, 2.45) is 15.7 Å². The summed E-state index contributed by atoms with van der Waals surface area (Å²) in [6, 6.07) is 8.45. The molecule has 0 radical (unpaired) electrons. The molecule has 6 nitrogen and oxygen atoms in total. The molecule has 1 aromatic carbocycles. The summed E-state index contributed by atoms with van der Waals surface area (Å²) >= 11 is 0. The maximum absolute atomic E-state index is 12.5. The first-order chi connectivity index (χ1) is 13.3. The van der Waals surface area contributed by atoms with E-state index >= 15 is 0 Å². The van der Waals surface area contributed by atoms with Gasteiger partial charge in [0, 0.05) is 17.5 Å². The number of aliphatic imine (C=N–C) groups is 2. The predicted octanol–water partition coefficient (Wildman–Crippen LogP) is 3.37. The largest absolute Gasteiger partial charge is 0.483 e. The van der Waals surface area contributed by atoms with E-state index in [4.69, 9.17) is 10.5 Å². The van der Waals surface area contributed by atoms with Crippen molar-refractivity contribution in [1.82, 2.24) is 5.32 Å². The number of rotatable bonds is 7. The number of nitrogens with zero attached hydrogens (tertiary/aromatic N) is 2. The lowest BCUT2D eigenvalue weighted by atomic mass is 10.1. The molecule has 1 aliphatic rings. The van der Waals surface area contributed by atoms with E-state index in [1.165, 1.54) is 0 Å². The quantitative estimate of drug-likeness (QED) is 0.430. The number of hydrogen-bond acceptors (Lipinski definition) is 5. The van der Waals surface area contributed by atoms with Gasteiger partial charge in [-0.2, -0.15) is 0 Å². The molecule has 0 aromatic heterocycles. The average Bonchev–Trinajstić information content (AvgIpc) is 3.45. The van der Waals surface area contributed by atoms with Crippen LogP contribution in [0.1, 0.15) is 44.7 Å². The van der Waals surface area contributed by atoms with Gasteiger partial charge in [0.15, 0.2) is 0 Å². The van der Waals surface area contributed by atoms with E-state index in [0.717, 1.165) is 35.2 Å². The second-order valence-electron chi connectivity index (χ2n) is 7.22. The van der Waals surface area contributed by atoms with Crippen LogP contribution >= 0.6 is 0 Å². The molecule has 1 saturated carbocycles. The Hall–Kier alpha value is -2.89. The number of amides is 1. The second kappa shape index (κ2) is 9.88. The Morgan fingerprint density at radius 1 is 1.32 bits per heavy atom. The smallest absolute Gasteiger partial charge is 0.255 e. The normalized spacial score (nSPS) is 15.2. The van der Waals surface area contributed by atoms with Crippen molar-refractivity contribution in [3.05, 3.63) is 52.2 Å². The van der Waals surface area contributed by atoms with Crippen molar-refractivity contribution in [2.75, 3.05) is 13.7 Å². The molecule has 0 atom stereocenters. The SMILES string of the molecule is COC(CNC(=O)C(C=NC1CC1)=C(C)N)=NC(=C(C)C)c1cccc(C)c1. The lowest BCUT2D eigenvalue weighted by molar-refractivity contribution is -0.116. The minimum atomic E-state index is -0.288. The van der Waals surface area contributed by atoms with Gasteiger partial charge in [0.1, 0.15) is 0 Å². The molecule has 28 heavy (non-hydrogen) atoms. The minimum absolute atomic E-state index is 0.159. The fraction of sp³-hybridized carbons (Fsp3) is 0.409. The summed E-state index contributed by atoms with van der Waals surface area (Å²) in [5, 5.41) is 2.82. The Labute approximate surface area is 167 Å². The van der Waals surface area contributed by atoms with Crippen molar-refractivity contribution in [1.29, 1.82) is 0 Å². The molecule has 6 heteroatoms. The number of hydrogen-bond donors (Lipinski definition) is 2. The standard InChI is InChI=1S/C22H30N4O2/c1-14(2)21(17-8-6-7-15(3)11-17)26-20(28-5)13-25-22(27)19(16(4)23)12-24-18-9-10-18/h6-8,11-12,18H,9-10,13,23H2,1-5H3,(H,25,27). The number of methoxy groups -OCH3 is 1. The first kappa shape index (κ1) is 21.4. The number of ether oxygens (including phenoxy) is 1. The van der Waals surface area contributed by atoms with E-state index in [-0.39, 0.29) is 12.5 Å². The zero-order valence-corrected chi connectivity index (χ0v) is 17.4. The van der Waals surface area contributed by atoms with Crippen molar-refractivity contribution in [3.8, 4) is 0 Å². The number of carbonyl (C=O) groups is 1. The number of benzene rings is 1. The highest BCUT2D eigenvalue weighted by molar-refractivity contribution is 6.13. The third kappa shape index (κ3) is 6.37. The Kier molecular flexibility index (Phi) is 7.55. The van der Waals surface area contributed by atoms with Crippen molar-refractivity contribution in [3.63, 3.8) is 0 Å². The minimum Gasteiger partial charge on any atom is -0.483 e. The molecule has 0 heterocycles. The van der Waals surface area contributed by atoms with Gasteiger partial charge >= 0.3 is 0 Å². The van der Waals surface area contributed by atoms with Crippen LogP contribution in [0, 0.1) is 6.92 Å². The van der Waals surface area contributed by atoms with Gasteiger partial charge < -0.3 is 15.8 Å². The van der Waals surface area contributed by atoms with E-state index < -0.39 is 0 Å². The van der Waals surface area contributed by atoms with Crippen LogP contribution in [0.5, 0.6) is 0 Å². The molecule has 0 bridgehead atoms. The summed E-state index contributed by atoms with van der Waals surface area (Å²) < 4.78 is 5.40. The van der Waals surface area contributed by atoms with Crippen LogP contribution in [0.3, 0.4) is 0 Å². The predicted molar refractivity (Wildman–Crippen MR) is 115 cm³/mol. The van der Waals surface area contributed by atoms with E-state index in [9.17, 15) is 4.79 Å². The molecule has 1 aromatic rings. The van der Waals surface area contributed by atoms with Gasteiger partial charge in [-0.15, -0.1) is 0 Å². The molecule has 0 unspecified atom stereocenters. The van der Waals surface area contributed by atoms with Crippen LogP contribution in [-0.4, -0.2) is 37.7 Å². The molecule has 1 fully saturated rings. The molecule has 0 saturated heterocycles. The summed E-state index contributed by atoms with van der Waals surface area (Å²) in [6.07, 6.45) is 3.71. The van der Waals surface area contributed by atoms with E-state index in [1.807, 2.05) is 39.0 Å². The summed E-state index contributed by atoms with van der Waals surface area (Å²) in [7, 11) is 1.54. The Morgan fingerprint density at radius 3 is 2.57 bits per heavy atom. The van der Waals surface area contributed by atoms with E-state index in [0.29, 0.717) is 23.2 Å². The summed E-state index contributed by atoms with van der Waals surface area (Å²) in [5.41, 5.74) is 10.7. The molecule has 3 N–H and O–H groups in total. The summed E-state index contributed by atoms with van der Waals surface area (Å²) in [4.78, 5) is 21.5. The van der Waals surface area contributed by atoms with Crippen LogP contribution in [0.15, 0.2) is 51.1 Å². The van der Waals surface area contributed by atoms with E-state index in [2.05, 4.69) is 21.4 Å². The lowest BCUT2D eigenvalue weighted by Gasteiger charge is -2.12. The first-order valence-corrected chi connectivity index (χ1v) is 9.45. The van der Waals surface area contributed by atoms with Crippen LogP contribution in [0.4, 0.5) is 0 Å². The third-order valence-electron chi connectivity index (χ3n) is 4.27. The topological polar surface area (TPSA) is 89.1 Å². The van der Waals surface area contributed by atoms with Crippen LogP contribution in [0.2, 0.25) is 0 Å². The Bertz CT molecular complexity index is 838. The third-order valence-corrected chi connectivity index (χ3v) is 4.27. The van der Waals surface area contributed by atoms with Crippen molar-refractivity contribution >= 4 is 23.7 Å². The second-order valence-corrected chi connectivity index (χ2v) is 7.22. The monoisotopic (exact) mass is 382 g/mol. The highest BCUT2D eigenvalue weighted by Gasteiger charge is 2.20. The number of carbonyl (C=O) groups excluding carboxylic acids is 1. The number of allylic oxidation sites excluding steroid dienone is 2. The summed E-state index contributed by atoms with van der Waals surface area (Å²) in [6.45, 7) is 7.89. The van der Waals surface area contributed by atoms with Gasteiger partial charge in [0.25, 0.3) is 5.91 Å². The molecular formula is C22H30N4O2. The van der Waals surface area contributed by atoms with Gasteiger partial charge in [0.05, 0.1) is 31.0 Å². The highest BCUT2D eigenvalue weighted by Crippen LogP contribution is 2.23. The molecule has 1 aliphatic carbocycles. The molecular weight excluding hydrogens is 352 g/mol. The maximum Gasteiger partial charge on any atom is 0.255 e. The molecule has 150 valence electrons. The van der Waals surface area contributed by atoms with E-state index in [1.54, 1.807) is 20.2 Å². The number of nitrogens with two attached hydrogens (primary N) is 1. The summed E-state index contributed by atoms with van der Waals surface area (Å²) in [5.74, 6) is 0.127. The molecule has 0 aliphatic heterocycles.